The number of hydrogen-bond acceptors (Lipinski definition) is 1. The van der Waals surface area contributed by atoms with Gasteiger partial charge >= 0.3 is 5.97 Å². The van der Waals surface area contributed by atoms with Gasteiger partial charge in [-0.15, -0.1) is 0 Å². The third kappa shape index (κ3) is 4.12. The molecular formula is C13H28NO2+. The predicted octanol–water partition coefficient (Wildman–Crippen LogP) is 2.90. The number of carboxylic acids is 1. The Hall–Kier alpha value is -0.570. The number of carbonyl (C=O) groups is 1. The van der Waals surface area contributed by atoms with Crippen LogP contribution in [0.1, 0.15) is 52.9 Å². The normalized spacial score (nSPS) is 12.8. The molecule has 3 heteroatoms. The van der Waals surface area contributed by atoms with Crippen LogP contribution >= 0.6 is 0 Å². The quantitative estimate of drug-likeness (QED) is 0.514. The molecule has 0 heterocycles. The van der Waals surface area contributed by atoms with Crippen molar-refractivity contribution in [3.05, 3.63) is 0 Å². The van der Waals surface area contributed by atoms with E-state index in [2.05, 4.69) is 6.92 Å². The summed E-state index contributed by atoms with van der Waals surface area (Å²) in [5, 5.41) is 9.20. The molecule has 0 atom stereocenters. The molecule has 0 aliphatic heterocycles. The summed E-state index contributed by atoms with van der Waals surface area (Å²) in [4.78, 5) is 11.2. The molecule has 0 aliphatic rings. The van der Waals surface area contributed by atoms with Gasteiger partial charge in [-0.05, 0) is 12.8 Å². The molecule has 0 rings (SSSR count). The van der Waals surface area contributed by atoms with Gasteiger partial charge in [-0.2, -0.15) is 0 Å². The van der Waals surface area contributed by atoms with Gasteiger partial charge in [-0.1, -0.05) is 26.2 Å². The average molecular weight is 230 g/mol. The second kappa shape index (κ2) is 6.24. The van der Waals surface area contributed by atoms with Gasteiger partial charge in [0.2, 0.25) is 0 Å². The molecule has 0 aromatic carbocycles. The lowest BCUT2D eigenvalue weighted by Gasteiger charge is -2.41. The van der Waals surface area contributed by atoms with Gasteiger partial charge in [0.05, 0.1) is 20.6 Å². The first-order valence-electron chi connectivity index (χ1n) is 6.32. The van der Waals surface area contributed by atoms with Crippen LogP contribution in [0, 0.1) is 0 Å². The van der Waals surface area contributed by atoms with E-state index >= 15 is 0 Å². The van der Waals surface area contributed by atoms with E-state index in [1.54, 1.807) is 13.8 Å². The monoisotopic (exact) mass is 230 g/mol. The average Bonchev–Trinajstić information content (AvgIpc) is 2.16. The van der Waals surface area contributed by atoms with Crippen molar-refractivity contribution in [2.45, 2.75) is 58.4 Å². The molecule has 3 nitrogen and oxygen atoms in total. The molecule has 0 saturated carbocycles. The first-order chi connectivity index (χ1) is 7.25. The van der Waals surface area contributed by atoms with Crippen molar-refractivity contribution in [3.8, 4) is 0 Å². The molecular weight excluding hydrogens is 202 g/mol. The Kier molecular flexibility index (Phi) is 6.01. The Morgan fingerprint density at radius 2 is 1.62 bits per heavy atom. The van der Waals surface area contributed by atoms with Crippen LogP contribution in [0.2, 0.25) is 0 Å². The van der Waals surface area contributed by atoms with E-state index in [1.165, 1.54) is 25.7 Å². The van der Waals surface area contributed by atoms with Gasteiger partial charge in [0.25, 0.3) is 0 Å². The van der Waals surface area contributed by atoms with E-state index in [0.29, 0.717) is 4.48 Å². The van der Waals surface area contributed by atoms with Crippen molar-refractivity contribution < 1.29 is 14.4 Å². The molecule has 0 aromatic rings. The second-order valence-corrected chi connectivity index (χ2v) is 5.69. The van der Waals surface area contributed by atoms with Crippen LogP contribution < -0.4 is 0 Å². The van der Waals surface area contributed by atoms with Gasteiger partial charge in [-0.25, -0.2) is 4.79 Å². The van der Waals surface area contributed by atoms with Crippen LogP contribution in [-0.4, -0.2) is 41.7 Å². The summed E-state index contributed by atoms with van der Waals surface area (Å²) in [6.07, 6.45) is 6.13. The number of hydrogen-bond donors (Lipinski definition) is 1. The van der Waals surface area contributed by atoms with Crippen molar-refractivity contribution in [1.29, 1.82) is 0 Å². The highest BCUT2D eigenvalue weighted by molar-refractivity contribution is 5.76. The molecule has 0 amide bonds. The third-order valence-corrected chi connectivity index (χ3v) is 3.86. The summed E-state index contributed by atoms with van der Waals surface area (Å²) in [5.41, 5.74) is -0.704. The van der Waals surface area contributed by atoms with Crippen molar-refractivity contribution in [3.63, 3.8) is 0 Å². The van der Waals surface area contributed by atoms with E-state index in [9.17, 15) is 9.90 Å². The van der Waals surface area contributed by atoms with Crippen LogP contribution in [0.25, 0.3) is 0 Å². The Balaban J connectivity index is 4.09. The van der Waals surface area contributed by atoms with Gasteiger partial charge in [0, 0.05) is 13.8 Å². The maximum atomic E-state index is 11.2. The SMILES string of the molecule is CCCCCCC[N+](C)(C)C(C)(C)C(=O)O. The standard InChI is InChI=1S/C13H27NO2/c1-6-7-8-9-10-11-14(4,5)13(2,3)12(15)16/h6-11H2,1-5H3/p+1. The number of rotatable bonds is 8. The fraction of sp³-hybridized carbons (Fsp3) is 0.923. The second-order valence-electron chi connectivity index (χ2n) is 5.69. The van der Waals surface area contributed by atoms with Crippen LogP contribution in [0.15, 0.2) is 0 Å². The first kappa shape index (κ1) is 15.4. The summed E-state index contributed by atoms with van der Waals surface area (Å²) < 4.78 is 0.550. The largest absolute Gasteiger partial charge is 0.477 e. The minimum Gasteiger partial charge on any atom is -0.477 e. The highest BCUT2D eigenvalue weighted by atomic mass is 16.4. The number of likely N-dealkylation sites (N-methyl/N-ethyl adjacent to an activating group) is 1. The molecule has 0 saturated heterocycles. The summed E-state index contributed by atoms with van der Waals surface area (Å²) in [6, 6.07) is 0. The lowest BCUT2D eigenvalue weighted by atomic mass is 10.00. The van der Waals surface area contributed by atoms with E-state index in [0.717, 1.165) is 13.0 Å². The van der Waals surface area contributed by atoms with Crippen LogP contribution in [0.4, 0.5) is 0 Å². The zero-order valence-electron chi connectivity index (χ0n) is 11.5. The fourth-order valence-electron chi connectivity index (χ4n) is 1.65. The lowest BCUT2D eigenvalue weighted by molar-refractivity contribution is -0.928. The molecule has 16 heavy (non-hydrogen) atoms. The van der Waals surface area contributed by atoms with Gasteiger partial charge < -0.3 is 9.59 Å². The number of aliphatic carboxylic acids is 1. The summed E-state index contributed by atoms with van der Waals surface area (Å²) in [6.45, 7) is 6.75. The Labute approximate surface area is 100 Å². The Morgan fingerprint density at radius 1 is 1.12 bits per heavy atom. The smallest absolute Gasteiger partial charge is 0.365 e. The molecule has 96 valence electrons. The molecule has 1 N–H and O–H groups in total. The zero-order chi connectivity index (χ0) is 12.8. The molecule has 0 fully saturated rings. The van der Waals surface area contributed by atoms with Gasteiger partial charge in [0.15, 0.2) is 5.54 Å². The van der Waals surface area contributed by atoms with Gasteiger partial charge in [-0.3, -0.25) is 0 Å². The lowest BCUT2D eigenvalue weighted by Crippen LogP contribution is -2.60. The van der Waals surface area contributed by atoms with E-state index in [1.807, 2.05) is 14.1 Å². The summed E-state index contributed by atoms with van der Waals surface area (Å²) in [7, 11) is 4.02. The van der Waals surface area contributed by atoms with E-state index in [-0.39, 0.29) is 0 Å². The predicted molar refractivity (Wildman–Crippen MR) is 67.4 cm³/mol. The first-order valence-corrected chi connectivity index (χ1v) is 6.32. The van der Waals surface area contributed by atoms with Crippen LogP contribution in [0.3, 0.4) is 0 Å². The maximum Gasteiger partial charge on any atom is 0.365 e. The Bertz CT molecular complexity index is 222. The number of unbranched alkanes of at least 4 members (excludes halogenated alkanes) is 4. The van der Waals surface area contributed by atoms with Crippen LogP contribution in [-0.2, 0) is 4.79 Å². The molecule has 0 unspecified atom stereocenters. The van der Waals surface area contributed by atoms with Crippen molar-refractivity contribution in [2.24, 2.45) is 0 Å². The molecule has 0 aromatic heterocycles. The third-order valence-electron chi connectivity index (χ3n) is 3.86. The van der Waals surface area contributed by atoms with Crippen LogP contribution in [0.5, 0.6) is 0 Å². The number of carboxylic acid groups (broad SMARTS) is 1. The highest BCUT2D eigenvalue weighted by Gasteiger charge is 2.43. The van der Waals surface area contributed by atoms with Crippen molar-refractivity contribution in [2.75, 3.05) is 20.6 Å². The molecule has 0 radical (unpaired) electrons. The van der Waals surface area contributed by atoms with Crippen molar-refractivity contribution >= 4 is 5.97 Å². The fourth-order valence-corrected chi connectivity index (χ4v) is 1.65. The molecule has 0 bridgehead atoms. The zero-order valence-corrected chi connectivity index (χ0v) is 11.5. The Morgan fingerprint density at radius 3 is 2.06 bits per heavy atom. The van der Waals surface area contributed by atoms with E-state index in [4.69, 9.17) is 0 Å². The minimum absolute atomic E-state index is 0.550. The molecule has 0 spiro atoms. The topological polar surface area (TPSA) is 37.3 Å². The van der Waals surface area contributed by atoms with Gasteiger partial charge in [0.1, 0.15) is 0 Å². The van der Waals surface area contributed by atoms with Crippen molar-refractivity contribution in [1.82, 2.24) is 0 Å². The van der Waals surface area contributed by atoms with E-state index < -0.39 is 11.5 Å². The highest BCUT2D eigenvalue weighted by Crippen LogP contribution is 2.21. The molecule has 0 aliphatic carbocycles. The summed E-state index contributed by atoms with van der Waals surface area (Å²) >= 11 is 0. The number of nitrogens with zero attached hydrogens (tertiary/aromatic N) is 1. The maximum absolute atomic E-state index is 11.2. The summed E-state index contributed by atoms with van der Waals surface area (Å²) in [5.74, 6) is -0.717. The number of quaternary nitrogens is 1. The minimum atomic E-state index is -0.717.